The molecule has 1 aromatic carbocycles. The zero-order valence-corrected chi connectivity index (χ0v) is 14.5. The van der Waals surface area contributed by atoms with E-state index < -0.39 is 10.0 Å². The van der Waals surface area contributed by atoms with Crippen LogP contribution in [-0.4, -0.2) is 50.4 Å². The maximum absolute atomic E-state index is 12.4. The molecular weight excluding hydrogens is 306 g/mol. The van der Waals surface area contributed by atoms with Crippen LogP contribution < -0.4 is 10.6 Å². The molecule has 1 aliphatic heterocycles. The summed E-state index contributed by atoms with van der Waals surface area (Å²) in [6, 6.07) is 5.56. The SMILES string of the molecule is CC1SCCN(c2cccc(S(=O)(=O)N(C)C)c2N)C1C. The molecule has 118 valence electrons. The minimum Gasteiger partial charge on any atom is -0.396 e. The van der Waals surface area contributed by atoms with E-state index in [2.05, 4.69) is 18.7 Å². The van der Waals surface area contributed by atoms with Crippen molar-refractivity contribution in [3.63, 3.8) is 0 Å². The molecule has 2 atom stereocenters. The lowest BCUT2D eigenvalue weighted by Crippen LogP contribution is -2.45. The second-order valence-electron chi connectivity index (χ2n) is 5.49. The van der Waals surface area contributed by atoms with Gasteiger partial charge in [0, 0.05) is 37.7 Å². The van der Waals surface area contributed by atoms with Crippen LogP contribution in [0.3, 0.4) is 0 Å². The van der Waals surface area contributed by atoms with Crippen molar-refractivity contribution in [1.82, 2.24) is 4.31 Å². The molecule has 0 spiro atoms. The number of benzene rings is 1. The highest BCUT2D eigenvalue weighted by Gasteiger charge is 2.29. The third kappa shape index (κ3) is 3.00. The Hall–Kier alpha value is -0.920. The first kappa shape index (κ1) is 16.5. The van der Waals surface area contributed by atoms with Gasteiger partial charge < -0.3 is 10.6 Å². The third-order valence-electron chi connectivity index (χ3n) is 4.00. The predicted molar refractivity (Wildman–Crippen MR) is 90.5 cm³/mol. The fourth-order valence-corrected chi connectivity index (χ4v) is 4.60. The van der Waals surface area contributed by atoms with Crippen LogP contribution in [0.15, 0.2) is 23.1 Å². The Morgan fingerprint density at radius 2 is 2.00 bits per heavy atom. The molecule has 2 N–H and O–H groups in total. The van der Waals surface area contributed by atoms with E-state index in [1.54, 1.807) is 12.1 Å². The van der Waals surface area contributed by atoms with Crippen LogP contribution >= 0.6 is 11.8 Å². The maximum Gasteiger partial charge on any atom is 0.244 e. The van der Waals surface area contributed by atoms with Crippen molar-refractivity contribution in [2.24, 2.45) is 0 Å². The van der Waals surface area contributed by atoms with Gasteiger partial charge in [0.05, 0.1) is 11.4 Å². The monoisotopic (exact) mass is 329 g/mol. The highest BCUT2D eigenvalue weighted by molar-refractivity contribution is 8.00. The largest absolute Gasteiger partial charge is 0.396 e. The molecule has 1 aromatic rings. The Morgan fingerprint density at radius 1 is 1.33 bits per heavy atom. The maximum atomic E-state index is 12.4. The number of rotatable bonds is 3. The predicted octanol–water partition coefficient (Wildman–Crippen LogP) is 1.85. The van der Waals surface area contributed by atoms with Gasteiger partial charge in [0.1, 0.15) is 4.90 Å². The summed E-state index contributed by atoms with van der Waals surface area (Å²) in [6.45, 7) is 5.23. The molecule has 0 aliphatic carbocycles. The molecule has 0 bridgehead atoms. The second-order valence-corrected chi connectivity index (χ2v) is 9.09. The number of nitrogen functional groups attached to an aromatic ring is 1. The van der Waals surface area contributed by atoms with Gasteiger partial charge in [0.15, 0.2) is 0 Å². The van der Waals surface area contributed by atoms with Gasteiger partial charge in [-0.3, -0.25) is 0 Å². The Balaban J connectivity index is 2.48. The minimum atomic E-state index is -3.52. The first-order valence-corrected chi connectivity index (χ1v) is 9.45. The summed E-state index contributed by atoms with van der Waals surface area (Å²) in [6.07, 6.45) is 0. The number of sulfonamides is 1. The molecule has 0 saturated carbocycles. The van der Waals surface area contributed by atoms with Crippen molar-refractivity contribution >= 4 is 33.2 Å². The zero-order chi connectivity index (χ0) is 15.8. The van der Waals surface area contributed by atoms with Gasteiger partial charge in [-0.05, 0) is 19.1 Å². The smallest absolute Gasteiger partial charge is 0.244 e. The van der Waals surface area contributed by atoms with E-state index in [0.29, 0.717) is 17.0 Å². The molecule has 1 fully saturated rings. The van der Waals surface area contributed by atoms with Crippen molar-refractivity contribution in [3.8, 4) is 0 Å². The fraction of sp³-hybridized carbons (Fsp3) is 0.571. The molecule has 2 rings (SSSR count). The number of nitrogens with two attached hydrogens (primary N) is 1. The van der Waals surface area contributed by atoms with Crippen molar-refractivity contribution in [2.45, 2.75) is 30.0 Å². The molecule has 5 nitrogen and oxygen atoms in total. The summed E-state index contributed by atoms with van der Waals surface area (Å²) in [7, 11) is -0.488. The van der Waals surface area contributed by atoms with Crippen LogP contribution in [0, 0.1) is 0 Å². The van der Waals surface area contributed by atoms with Gasteiger partial charge in [0.25, 0.3) is 0 Å². The van der Waals surface area contributed by atoms with Crippen LogP contribution in [0.4, 0.5) is 11.4 Å². The van der Waals surface area contributed by atoms with Gasteiger partial charge in [-0.15, -0.1) is 0 Å². The zero-order valence-electron chi connectivity index (χ0n) is 12.9. The van der Waals surface area contributed by atoms with E-state index in [0.717, 1.165) is 18.0 Å². The van der Waals surface area contributed by atoms with E-state index in [-0.39, 0.29) is 4.90 Å². The molecule has 7 heteroatoms. The molecule has 0 amide bonds. The summed E-state index contributed by atoms with van der Waals surface area (Å²) in [5.74, 6) is 1.02. The summed E-state index contributed by atoms with van der Waals surface area (Å²) in [5, 5.41) is 0.493. The number of para-hydroxylation sites is 1. The molecular formula is C14H23N3O2S2. The lowest BCUT2D eigenvalue weighted by atomic mass is 10.1. The number of hydrogen-bond acceptors (Lipinski definition) is 5. The van der Waals surface area contributed by atoms with Crippen molar-refractivity contribution in [2.75, 3.05) is 37.0 Å². The fourth-order valence-electron chi connectivity index (χ4n) is 2.48. The van der Waals surface area contributed by atoms with Crippen LogP contribution in [-0.2, 0) is 10.0 Å². The molecule has 0 aromatic heterocycles. The lowest BCUT2D eigenvalue weighted by molar-refractivity contribution is 0.521. The number of hydrogen-bond donors (Lipinski definition) is 1. The summed E-state index contributed by atoms with van der Waals surface area (Å²) >= 11 is 1.94. The normalized spacial score (nSPS) is 23.6. The van der Waals surface area contributed by atoms with Gasteiger partial charge >= 0.3 is 0 Å². The lowest BCUT2D eigenvalue weighted by Gasteiger charge is -2.40. The van der Waals surface area contributed by atoms with E-state index in [9.17, 15) is 8.42 Å². The molecule has 0 radical (unpaired) electrons. The first-order chi connectivity index (χ1) is 9.76. The highest BCUT2D eigenvalue weighted by Crippen LogP contribution is 2.35. The summed E-state index contributed by atoms with van der Waals surface area (Å²) in [4.78, 5) is 2.40. The highest BCUT2D eigenvalue weighted by atomic mass is 32.2. The van der Waals surface area contributed by atoms with E-state index in [4.69, 9.17) is 5.73 Å². The molecule has 21 heavy (non-hydrogen) atoms. The standard InChI is InChI=1S/C14H23N3O2S2/c1-10-11(2)20-9-8-17(10)12-6-5-7-13(14(12)15)21(18,19)16(3)4/h5-7,10-11H,8-9,15H2,1-4H3. The van der Waals surface area contributed by atoms with Crippen LogP contribution in [0.25, 0.3) is 0 Å². The topological polar surface area (TPSA) is 66.6 Å². The van der Waals surface area contributed by atoms with Crippen LogP contribution in [0.1, 0.15) is 13.8 Å². The number of thioether (sulfide) groups is 1. The Bertz CT molecular complexity index is 617. The summed E-state index contributed by atoms with van der Waals surface area (Å²) in [5.41, 5.74) is 7.35. The van der Waals surface area contributed by atoms with Crippen LogP contribution in [0.2, 0.25) is 0 Å². The van der Waals surface area contributed by atoms with E-state index in [1.807, 2.05) is 17.8 Å². The Kier molecular flexibility index (Phi) is 4.75. The van der Waals surface area contributed by atoms with E-state index in [1.165, 1.54) is 18.4 Å². The number of nitrogens with zero attached hydrogens (tertiary/aromatic N) is 2. The quantitative estimate of drug-likeness (QED) is 0.857. The van der Waals surface area contributed by atoms with E-state index >= 15 is 0 Å². The second kappa shape index (κ2) is 6.06. The molecule has 1 heterocycles. The van der Waals surface area contributed by atoms with Gasteiger partial charge in [-0.1, -0.05) is 13.0 Å². The Labute approximate surface area is 131 Å². The summed E-state index contributed by atoms with van der Waals surface area (Å²) < 4.78 is 25.9. The van der Waals surface area contributed by atoms with Crippen LogP contribution in [0.5, 0.6) is 0 Å². The van der Waals surface area contributed by atoms with Crippen molar-refractivity contribution in [1.29, 1.82) is 0 Å². The van der Waals surface area contributed by atoms with Gasteiger partial charge in [-0.2, -0.15) is 11.8 Å². The Morgan fingerprint density at radius 3 is 2.62 bits per heavy atom. The van der Waals surface area contributed by atoms with Gasteiger partial charge in [0.2, 0.25) is 10.0 Å². The minimum absolute atomic E-state index is 0.183. The van der Waals surface area contributed by atoms with Crippen molar-refractivity contribution in [3.05, 3.63) is 18.2 Å². The molecule has 1 aliphatic rings. The first-order valence-electron chi connectivity index (χ1n) is 6.96. The average Bonchev–Trinajstić information content (AvgIpc) is 2.42. The third-order valence-corrected chi connectivity index (χ3v) is 7.21. The average molecular weight is 329 g/mol. The van der Waals surface area contributed by atoms with Crippen molar-refractivity contribution < 1.29 is 8.42 Å². The van der Waals surface area contributed by atoms with Gasteiger partial charge in [-0.25, -0.2) is 12.7 Å². The molecule has 2 unspecified atom stereocenters. The molecule has 1 saturated heterocycles. The number of anilines is 2.